The van der Waals surface area contributed by atoms with Crippen LogP contribution in [0, 0.1) is 5.92 Å². The largest absolute Gasteiger partial charge is 0.371 e. The van der Waals surface area contributed by atoms with E-state index in [1.807, 2.05) is 47.5 Å². The predicted octanol–water partition coefficient (Wildman–Crippen LogP) is 4.57. The first kappa shape index (κ1) is 27.4. The van der Waals surface area contributed by atoms with Gasteiger partial charge in [0.15, 0.2) is 0 Å². The van der Waals surface area contributed by atoms with Crippen LogP contribution in [0.25, 0.3) is 6.08 Å². The maximum Gasteiger partial charge on any atom is 0.264 e. The van der Waals surface area contributed by atoms with Gasteiger partial charge in [0, 0.05) is 63.3 Å². The van der Waals surface area contributed by atoms with Crippen LogP contribution >= 0.6 is 11.3 Å². The quantitative estimate of drug-likeness (QED) is 0.388. The number of aromatic nitrogens is 1. The Morgan fingerprint density at radius 3 is 2.44 bits per heavy atom. The molecule has 2 aromatic carbocycles. The van der Waals surface area contributed by atoms with Gasteiger partial charge in [0.25, 0.3) is 11.8 Å². The van der Waals surface area contributed by atoms with Gasteiger partial charge in [-0.2, -0.15) is 0 Å². The highest BCUT2D eigenvalue weighted by Gasteiger charge is 2.42. The Morgan fingerprint density at radius 2 is 1.73 bits per heavy atom. The Bertz CT molecular complexity index is 1420. The molecule has 3 aliphatic rings. The van der Waals surface area contributed by atoms with Crippen molar-refractivity contribution in [3.63, 3.8) is 0 Å². The number of fused-ring (bicyclic) bond motifs is 1. The minimum atomic E-state index is -0.418. The van der Waals surface area contributed by atoms with Crippen LogP contribution in [0.3, 0.4) is 0 Å². The first-order chi connectivity index (χ1) is 20.0. The van der Waals surface area contributed by atoms with Crippen molar-refractivity contribution in [1.82, 2.24) is 19.7 Å². The van der Waals surface area contributed by atoms with Crippen molar-refractivity contribution in [2.45, 2.75) is 25.8 Å². The number of benzene rings is 2. The maximum atomic E-state index is 13.5. The molecule has 8 nitrogen and oxygen atoms in total. The SMILES string of the molecule is CC(c1nccs1)N1C(=O)c2cccc(N3CCC(C(=O)N4CCN(CC=Cc5ccccc5)CC4)CC3)c2C1=O. The number of anilines is 1. The lowest BCUT2D eigenvalue weighted by molar-refractivity contribution is -0.137. The summed E-state index contributed by atoms with van der Waals surface area (Å²) in [6, 6.07) is 15.4. The lowest BCUT2D eigenvalue weighted by Gasteiger charge is -2.39. The van der Waals surface area contributed by atoms with Gasteiger partial charge in [-0.05, 0) is 37.5 Å². The second kappa shape index (κ2) is 12.0. The molecule has 1 unspecified atom stereocenters. The number of piperazine rings is 1. The molecule has 4 heterocycles. The molecule has 3 aromatic rings. The molecular weight excluding hydrogens is 534 g/mol. The van der Waals surface area contributed by atoms with Crippen molar-refractivity contribution in [1.29, 1.82) is 0 Å². The molecule has 41 heavy (non-hydrogen) atoms. The summed E-state index contributed by atoms with van der Waals surface area (Å²) >= 11 is 1.44. The van der Waals surface area contributed by atoms with E-state index in [-0.39, 0.29) is 23.6 Å². The second-order valence-corrected chi connectivity index (χ2v) is 11.9. The number of nitrogens with zero attached hydrogens (tertiary/aromatic N) is 5. The minimum absolute atomic E-state index is 0.00806. The Balaban J connectivity index is 1.03. The summed E-state index contributed by atoms with van der Waals surface area (Å²) in [7, 11) is 0. The molecular formula is C32H35N5O3S. The van der Waals surface area contributed by atoms with Crippen LogP contribution in [0.1, 0.15) is 57.1 Å². The van der Waals surface area contributed by atoms with Gasteiger partial charge in [-0.15, -0.1) is 11.3 Å². The van der Waals surface area contributed by atoms with Crippen molar-refractivity contribution >= 4 is 40.8 Å². The van der Waals surface area contributed by atoms with Gasteiger partial charge in [-0.25, -0.2) is 4.98 Å². The molecule has 0 radical (unpaired) electrons. The van der Waals surface area contributed by atoms with Crippen LogP contribution in [0.5, 0.6) is 0 Å². The predicted molar refractivity (Wildman–Crippen MR) is 161 cm³/mol. The average Bonchev–Trinajstić information content (AvgIpc) is 3.65. The highest BCUT2D eigenvalue weighted by molar-refractivity contribution is 7.09. The van der Waals surface area contributed by atoms with E-state index < -0.39 is 6.04 Å². The van der Waals surface area contributed by atoms with Crippen LogP contribution in [-0.2, 0) is 4.79 Å². The fraction of sp³-hybridized carbons (Fsp3) is 0.375. The molecule has 1 aromatic heterocycles. The minimum Gasteiger partial charge on any atom is -0.371 e. The fourth-order valence-corrected chi connectivity index (χ4v) is 6.82. The summed E-state index contributed by atoms with van der Waals surface area (Å²) in [5, 5.41) is 2.59. The van der Waals surface area contributed by atoms with Gasteiger partial charge in [-0.1, -0.05) is 48.6 Å². The molecule has 6 rings (SSSR count). The Kier molecular flexibility index (Phi) is 7.98. The second-order valence-electron chi connectivity index (χ2n) is 10.9. The van der Waals surface area contributed by atoms with E-state index in [4.69, 9.17) is 0 Å². The van der Waals surface area contributed by atoms with Crippen LogP contribution in [-0.4, -0.2) is 83.2 Å². The third-order valence-corrected chi connectivity index (χ3v) is 9.41. The van der Waals surface area contributed by atoms with Gasteiger partial charge >= 0.3 is 0 Å². The maximum absolute atomic E-state index is 13.5. The molecule has 0 aliphatic carbocycles. The zero-order chi connectivity index (χ0) is 28.3. The molecule has 3 aliphatic heterocycles. The molecule has 2 fully saturated rings. The van der Waals surface area contributed by atoms with E-state index in [1.165, 1.54) is 21.8 Å². The standard InChI is InChI=1S/C32H35N5O3S/c1-23(29-33-14-22-41-29)37-31(39)26-10-5-11-27(28(26)32(37)40)35-16-12-25(13-17-35)30(38)36-20-18-34(19-21-36)15-6-9-24-7-3-2-4-8-24/h2-11,14,22-23,25H,12-13,15-21H2,1H3. The first-order valence-electron chi connectivity index (χ1n) is 14.4. The Morgan fingerprint density at radius 1 is 0.976 bits per heavy atom. The molecule has 3 amide bonds. The van der Waals surface area contributed by atoms with Crippen molar-refractivity contribution < 1.29 is 14.4 Å². The molecule has 0 N–H and O–H groups in total. The number of amides is 3. The van der Waals surface area contributed by atoms with Gasteiger partial charge in [-0.3, -0.25) is 24.2 Å². The Labute approximate surface area is 244 Å². The van der Waals surface area contributed by atoms with Crippen LogP contribution in [0.15, 0.2) is 66.2 Å². The smallest absolute Gasteiger partial charge is 0.264 e. The summed E-state index contributed by atoms with van der Waals surface area (Å²) in [6.07, 6.45) is 7.51. The summed E-state index contributed by atoms with van der Waals surface area (Å²) < 4.78 is 0. The normalized spacial score (nSPS) is 19.3. The average molecular weight is 570 g/mol. The number of carbonyl (C=O) groups excluding carboxylic acids is 3. The molecule has 1 atom stereocenters. The van der Waals surface area contributed by atoms with Gasteiger partial charge < -0.3 is 9.80 Å². The van der Waals surface area contributed by atoms with Crippen molar-refractivity contribution in [2.75, 3.05) is 50.7 Å². The summed E-state index contributed by atoms with van der Waals surface area (Å²) in [5.74, 6) is -0.296. The molecule has 9 heteroatoms. The lowest BCUT2D eigenvalue weighted by Crippen LogP contribution is -2.51. The number of imide groups is 1. The molecule has 0 bridgehead atoms. The highest BCUT2D eigenvalue weighted by Crippen LogP contribution is 2.38. The molecule has 0 saturated carbocycles. The van der Waals surface area contributed by atoms with E-state index in [2.05, 4.69) is 39.1 Å². The topological polar surface area (TPSA) is 77.1 Å². The van der Waals surface area contributed by atoms with Crippen molar-refractivity contribution in [3.05, 3.63) is 87.9 Å². The van der Waals surface area contributed by atoms with Crippen molar-refractivity contribution in [2.24, 2.45) is 5.92 Å². The molecule has 2 saturated heterocycles. The zero-order valence-corrected chi connectivity index (χ0v) is 24.1. The number of rotatable bonds is 7. The van der Waals surface area contributed by atoms with E-state index in [9.17, 15) is 14.4 Å². The zero-order valence-electron chi connectivity index (χ0n) is 23.3. The van der Waals surface area contributed by atoms with E-state index in [0.29, 0.717) is 24.2 Å². The third-order valence-electron chi connectivity index (χ3n) is 8.46. The van der Waals surface area contributed by atoms with E-state index in [1.54, 1.807) is 12.3 Å². The first-order valence-corrected chi connectivity index (χ1v) is 15.3. The number of piperidine rings is 1. The molecule has 0 spiro atoms. The summed E-state index contributed by atoms with van der Waals surface area (Å²) in [6.45, 7) is 7.37. The number of hydrogen-bond donors (Lipinski definition) is 0. The lowest BCUT2D eigenvalue weighted by atomic mass is 9.93. The summed E-state index contributed by atoms with van der Waals surface area (Å²) in [4.78, 5) is 52.4. The number of hydrogen-bond acceptors (Lipinski definition) is 7. The van der Waals surface area contributed by atoms with Gasteiger partial charge in [0.2, 0.25) is 5.91 Å². The van der Waals surface area contributed by atoms with Gasteiger partial charge in [0.05, 0.1) is 22.9 Å². The van der Waals surface area contributed by atoms with Crippen LogP contribution in [0.2, 0.25) is 0 Å². The fourth-order valence-electron chi connectivity index (χ4n) is 6.13. The Hall–Kier alpha value is -3.82. The number of thiazole rings is 1. The van der Waals surface area contributed by atoms with E-state index in [0.717, 1.165) is 56.3 Å². The number of carbonyl (C=O) groups is 3. The van der Waals surface area contributed by atoms with Crippen LogP contribution < -0.4 is 4.90 Å². The molecule has 212 valence electrons. The van der Waals surface area contributed by atoms with E-state index >= 15 is 0 Å². The van der Waals surface area contributed by atoms with Gasteiger partial charge in [0.1, 0.15) is 5.01 Å². The van der Waals surface area contributed by atoms with Crippen molar-refractivity contribution in [3.8, 4) is 0 Å². The third kappa shape index (κ3) is 5.56. The monoisotopic (exact) mass is 569 g/mol. The van der Waals surface area contributed by atoms with Crippen LogP contribution in [0.4, 0.5) is 5.69 Å². The highest BCUT2D eigenvalue weighted by atomic mass is 32.1. The summed E-state index contributed by atoms with van der Waals surface area (Å²) in [5.41, 5.74) is 2.91.